The van der Waals surface area contributed by atoms with Crippen LogP contribution in [0.25, 0.3) is 5.76 Å². The first-order chi connectivity index (χ1) is 17.2. The number of amides is 1. The molecule has 1 N–H and O–H groups in total. The van der Waals surface area contributed by atoms with Gasteiger partial charge in [-0.15, -0.1) is 0 Å². The first kappa shape index (κ1) is 25.7. The highest BCUT2D eigenvalue weighted by atomic mass is 35.5. The van der Waals surface area contributed by atoms with Gasteiger partial charge in [0.15, 0.2) is 0 Å². The van der Waals surface area contributed by atoms with E-state index in [1.54, 1.807) is 36.4 Å². The predicted molar refractivity (Wildman–Crippen MR) is 138 cm³/mol. The van der Waals surface area contributed by atoms with E-state index in [-0.39, 0.29) is 40.4 Å². The van der Waals surface area contributed by atoms with Crippen molar-refractivity contribution in [2.75, 3.05) is 6.54 Å². The number of hydrogen-bond donors (Lipinski definition) is 1. The molecule has 1 aliphatic rings. The summed E-state index contributed by atoms with van der Waals surface area (Å²) in [5.41, 5.74) is 1.62. The van der Waals surface area contributed by atoms with Crippen LogP contribution in [0.15, 0.2) is 72.3 Å². The fourth-order valence-corrected chi connectivity index (χ4v) is 4.48. The van der Waals surface area contributed by atoms with E-state index in [2.05, 4.69) is 0 Å². The summed E-state index contributed by atoms with van der Waals surface area (Å²) in [6, 6.07) is 16.7. The highest BCUT2D eigenvalue weighted by Crippen LogP contribution is 2.41. The third-order valence-corrected chi connectivity index (χ3v) is 6.57. The Morgan fingerprint density at radius 1 is 1.03 bits per heavy atom. The van der Waals surface area contributed by atoms with E-state index in [4.69, 9.17) is 27.9 Å². The van der Waals surface area contributed by atoms with Gasteiger partial charge in [-0.25, -0.2) is 4.39 Å². The molecule has 0 bridgehead atoms. The van der Waals surface area contributed by atoms with Crippen molar-refractivity contribution >= 4 is 40.7 Å². The number of rotatable bonds is 7. The number of carbonyl (C=O) groups is 2. The molecule has 5 nitrogen and oxygen atoms in total. The summed E-state index contributed by atoms with van der Waals surface area (Å²) in [6.07, 6.45) is 0.306. The van der Waals surface area contributed by atoms with Crippen LogP contribution < -0.4 is 4.74 Å². The molecule has 1 atom stereocenters. The normalized spacial score (nSPS) is 17.2. The molecule has 0 aliphatic carbocycles. The largest absolute Gasteiger partial charge is 0.507 e. The van der Waals surface area contributed by atoms with Crippen LogP contribution in [0.5, 0.6) is 5.75 Å². The van der Waals surface area contributed by atoms with Crippen molar-refractivity contribution in [2.24, 2.45) is 0 Å². The zero-order valence-electron chi connectivity index (χ0n) is 19.7. The molecule has 3 aromatic rings. The SMILES string of the molecule is CC(C)Oc1cccc(C2/C(=C(/O)c3ccc(Cl)c(Cl)c3)C(=O)C(=O)N2CCc2ccc(F)cc2)c1. The molecule has 1 unspecified atom stereocenters. The molecule has 4 rings (SSSR count). The lowest BCUT2D eigenvalue weighted by molar-refractivity contribution is -0.139. The quantitative estimate of drug-likeness (QED) is 0.214. The molecule has 0 saturated carbocycles. The average Bonchev–Trinajstić information content (AvgIpc) is 3.09. The van der Waals surface area contributed by atoms with Crippen LogP contribution in [0.1, 0.15) is 36.6 Å². The van der Waals surface area contributed by atoms with E-state index in [1.807, 2.05) is 13.8 Å². The number of likely N-dealkylation sites (tertiary alicyclic amines) is 1. The highest BCUT2D eigenvalue weighted by Gasteiger charge is 2.46. The summed E-state index contributed by atoms with van der Waals surface area (Å²) in [5, 5.41) is 11.7. The first-order valence-corrected chi connectivity index (χ1v) is 12.2. The Hall–Kier alpha value is -3.35. The molecule has 1 amide bonds. The van der Waals surface area contributed by atoms with Gasteiger partial charge in [0, 0.05) is 12.1 Å². The Morgan fingerprint density at radius 2 is 1.75 bits per heavy atom. The van der Waals surface area contributed by atoms with E-state index in [9.17, 15) is 19.1 Å². The van der Waals surface area contributed by atoms with E-state index in [0.717, 1.165) is 5.56 Å². The number of Topliss-reactive ketones (excluding diaryl/α,β-unsaturated/α-hetero) is 1. The Balaban J connectivity index is 1.80. The number of nitrogens with zero attached hydrogens (tertiary/aromatic N) is 1. The van der Waals surface area contributed by atoms with Crippen molar-refractivity contribution < 1.29 is 23.8 Å². The Kier molecular flexibility index (Phi) is 7.67. The zero-order chi connectivity index (χ0) is 26.0. The molecule has 1 aliphatic heterocycles. The molecule has 0 spiro atoms. The Morgan fingerprint density at radius 3 is 2.42 bits per heavy atom. The predicted octanol–water partition coefficient (Wildman–Crippen LogP) is 6.58. The minimum Gasteiger partial charge on any atom is -0.507 e. The van der Waals surface area contributed by atoms with Gasteiger partial charge in [-0.1, -0.05) is 47.5 Å². The van der Waals surface area contributed by atoms with Crippen LogP contribution in [-0.2, 0) is 16.0 Å². The maximum absolute atomic E-state index is 13.3. The highest BCUT2D eigenvalue weighted by molar-refractivity contribution is 6.46. The van der Waals surface area contributed by atoms with Gasteiger partial charge in [0.05, 0.1) is 27.8 Å². The number of aliphatic hydroxyl groups excluding tert-OH is 1. The molecule has 36 heavy (non-hydrogen) atoms. The van der Waals surface area contributed by atoms with Crippen molar-refractivity contribution in [3.63, 3.8) is 0 Å². The average molecular weight is 528 g/mol. The number of hydrogen-bond acceptors (Lipinski definition) is 4. The minimum absolute atomic E-state index is 0.0563. The zero-order valence-corrected chi connectivity index (χ0v) is 21.2. The van der Waals surface area contributed by atoms with Crippen LogP contribution in [0.2, 0.25) is 10.0 Å². The Bertz CT molecular complexity index is 1340. The molecular formula is C28H24Cl2FNO4. The molecule has 3 aromatic carbocycles. The van der Waals surface area contributed by atoms with Crippen LogP contribution in [0.4, 0.5) is 4.39 Å². The molecule has 1 fully saturated rings. The molecule has 186 valence electrons. The summed E-state index contributed by atoms with van der Waals surface area (Å²) >= 11 is 12.2. The second-order valence-electron chi connectivity index (χ2n) is 8.74. The number of aliphatic hydroxyl groups is 1. The third kappa shape index (κ3) is 5.40. The molecule has 1 heterocycles. The summed E-state index contributed by atoms with van der Waals surface area (Å²) in [4.78, 5) is 27.8. The standard InChI is InChI=1S/C28H24Cl2FNO4/c1-16(2)36-21-5-3-4-18(14-21)25-24(26(33)19-8-11-22(29)23(30)15-19)27(34)28(35)32(25)13-12-17-6-9-20(31)10-7-17/h3-11,14-16,25,33H,12-13H2,1-2H3/b26-24-. The summed E-state index contributed by atoms with van der Waals surface area (Å²) < 4.78 is 19.2. The van der Waals surface area contributed by atoms with E-state index < -0.39 is 17.7 Å². The van der Waals surface area contributed by atoms with Gasteiger partial charge in [-0.3, -0.25) is 9.59 Å². The van der Waals surface area contributed by atoms with Gasteiger partial charge in [0.25, 0.3) is 11.7 Å². The summed E-state index contributed by atoms with van der Waals surface area (Å²) in [5.74, 6) is -1.68. The van der Waals surface area contributed by atoms with Crippen molar-refractivity contribution in [1.29, 1.82) is 0 Å². The lowest BCUT2D eigenvalue weighted by Gasteiger charge is -2.26. The molecule has 0 radical (unpaired) electrons. The number of ketones is 1. The molecule has 0 aromatic heterocycles. The molecule has 8 heteroatoms. The monoisotopic (exact) mass is 527 g/mol. The maximum Gasteiger partial charge on any atom is 0.295 e. The van der Waals surface area contributed by atoms with Crippen molar-refractivity contribution in [2.45, 2.75) is 32.4 Å². The number of halogens is 3. The number of benzene rings is 3. The van der Waals surface area contributed by atoms with Crippen LogP contribution in [-0.4, -0.2) is 34.3 Å². The van der Waals surface area contributed by atoms with Crippen molar-refractivity contribution in [1.82, 2.24) is 4.90 Å². The second kappa shape index (κ2) is 10.7. The molecular weight excluding hydrogens is 504 g/mol. The van der Waals surface area contributed by atoms with Gasteiger partial charge in [-0.2, -0.15) is 0 Å². The summed E-state index contributed by atoms with van der Waals surface area (Å²) in [6.45, 7) is 3.96. The second-order valence-corrected chi connectivity index (χ2v) is 9.55. The van der Waals surface area contributed by atoms with Gasteiger partial charge in [0.2, 0.25) is 0 Å². The smallest absolute Gasteiger partial charge is 0.295 e. The van der Waals surface area contributed by atoms with Crippen LogP contribution in [0.3, 0.4) is 0 Å². The van der Waals surface area contributed by atoms with Crippen molar-refractivity contribution in [3.05, 3.63) is 105 Å². The topological polar surface area (TPSA) is 66.8 Å². The van der Waals surface area contributed by atoms with Gasteiger partial charge < -0.3 is 14.7 Å². The van der Waals surface area contributed by atoms with Crippen LogP contribution >= 0.6 is 23.2 Å². The molecule has 1 saturated heterocycles. The summed E-state index contributed by atoms with van der Waals surface area (Å²) in [7, 11) is 0. The number of carbonyl (C=O) groups excluding carboxylic acids is 2. The fraction of sp³-hybridized carbons (Fsp3) is 0.214. The van der Waals surface area contributed by atoms with E-state index >= 15 is 0 Å². The van der Waals surface area contributed by atoms with E-state index in [1.165, 1.54) is 35.2 Å². The van der Waals surface area contributed by atoms with Gasteiger partial charge >= 0.3 is 0 Å². The van der Waals surface area contributed by atoms with Crippen LogP contribution in [0, 0.1) is 5.82 Å². The Labute approximate surface area is 218 Å². The van der Waals surface area contributed by atoms with Gasteiger partial charge in [-0.05, 0) is 73.9 Å². The fourth-order valence-electron chi connectivity index (χ4n) is 4.19. The first-order valence-electron chi connectivity index (χ1n) is 11.4. The maximum atomic E-state index is 13.3. The van der Waals surface area contributed by atoms with Gasteiger partial charge in [0.1, 0.15) is 17.3 Å². The number of ether oxygens (including phenoxy) is 1. The van der Waals surface area contributed by atoms with E-state index in [0.29, 0.717) is 22.8 Å². The lowest BCUT2D eigenvalue weighted by atomic mass is 9.95. The minimum atomic E-state index is -0.865. The third-order valence-electron chi connectivity index (χ3n) is 5.83. The lowest BCUT2D eigenvalue weighted by Crippen LogP contribution is -2.31. The van der Waals surface area contributed by atoms with Crippen molar-refractivity contribution in [3.8, 4) is 5.75 Å².